The van der Waals surface area contributed by atoms with Crippen molar-refractivity contribution in [2.24, 2.45) is 0 Å². The lowest BCUT2D eigenvalue weighted by atomic mass is 10.1. The van der Waals surface area contributed by atoms with E-state index in [0.29, 0.717) is 16.8 Å². The molecule has 3 rings (SSSR count). The van der Waals surface area contributed by atoms with Gasteiger partial charge in [-0.3, -0.25) is 9.78 Å². The molecular weight excluding hydrogens is 361 g/mol. The molecule has 1 heterocycles. The van der Waals surface area contributed by atoms with Gasteiger partial charge in [0.05, 0.1) is 18.2 Å². The van der Waals surface area contributed by atoms with Crippen LogP contribution in [0, 0.1) is 0 Å². The SMILES string of the molecule is CNC(=O)c1cc(OC)cc(Oc2ccnc3ccc(C(F)(F)F)cc23)c1. The summed E-state index contributed by atoms with van der Waals surface area (Å²) < 4.78 is 50.0. The molecule has 8 heteroatoms. The molecule has 0 aliphatic carbocycles. The number of ether oxygens (including phenoxy) is 2. The Morgan fingerprint density at radius 3 is 2.48 bits per heavy atom. The Balaban J connectivity index is 2.07. The van der Waals surface area contributed by atoms with Gasteiger partial charge in [0, 0.05) is 30.3 Å². The van der Waals surface area contributed by atoms with Crippen LogP contribution in [-0.2, 0) is 6.18 Å². The molecule has 0 saturated heterocycles. The lowest BCUT2D eigenvalue weighted by molar-refractivity contribution is -0.137. The standard InChI is InChI=1S/C19H15F3N2O3/c1-23-18(25)11-7-13(26-2)10-14(8-11)27-17-5-6-24-16-4-3-12(9-15(16)17)19(20,21)22/h3-10H,1-2H3,(H,23,25). The molecule has 0 unspecified atom stereocenters. The third kappa shape index (κ3) is 3.94. The Kier molecular flexibility index (Phi) is 4.89. The number of nitrogens with one attached hydrogen (secondary N) is 1. The van der Waals surface area contributed by atoms with Crippen LogP contribution in [0.2, 0.25) is 0 Å². The number of benzene rings is 2. The van der Waals surface area contributed by atoms with Gasteiger partial charge >= 0.3 is 6.18 Å². The molecule has 1 N–H and O–H groups in total. The van der Waals surface area contributed by atoms with Gasteiger partial charge in [0.15, 0.2) is 0 Å². The predicted molar refractivity (Wildman–Crippen MR) is 93.2 cm³/mol. The normalized spacial score (nSPS) is 11.3. The molecule has 0 atom stereocenters. The van der Waals surface area contributed by atoms with Crippen LogP contribution < -0.4 is 14.8 Å². The number of carbonyl (C=O) groups excluding carboxylic acids is 1. The van der Waals surface area contributed by atoms with Gasteiger partial charge in [-0.05, 0) is 36.4 Å². The zero-order valence-electron chi connectivity index (χ0n) is 14.4. The van der Waals surface area contributed by atoms with Gasteiger partial charge in [-0.15, -0.1) is 0 Å². The highest BCUT2D eigenvalue weighted by molar-refractivity contribution is 5.95. The van der Waals surface area contributed by atoms with Crippen LogP contribution in [0.1, 0.15) is 15.9 Å². The average molecular weight is 376 g/mol. The van der Waals surface area contributed by atoms with Crippen molar-refractivity contribution in [1.82, 2.24) is 10.3 Å². The Morgan fingerprint density at radius 2 is 1.81 bits per heavy atom. The highest BCUT2D eigenvalue weighted by atomic mass is 19.4. The van der Waals surface area contributed by atoms with E-state index in [1.54, 1.807) is 0 Å². The highest BCUT2D eigenvalue weighted by Gasteiger charge is 2.30. The molecule has 5 nitrogen and oxygen atoms in total. The summed E-state index contributed by atoms with van der Waals surface area (Å²) in [5, 5.41) is 2.70. The molecule has 0 aliphatic rings. The maximum absolute atomic E-state index is 13.0. The average Bonchev–Trinajstić information content (AvgIpc) is 2.66. The lowest BCUT2D eigenvalue weighted by Crippen LogP contribution is -2.17. The molecule has 0 spiro atoms. The molecule has 0 aliphatic heterocycles. The van der Waals surface area contributed by atoms with E-state index in [2.05, 4.69) is 10.3 Å². The minimum absolute atomic E-state index is 0.183. The number of hydrogen-bond donors (Lipinski definition) is 1. The maximum atomic E-state index is 13.0. The van der Waals surface area contributed by atoms with Gasteiger partial charge in [0.25, 0.3) is 5.91 Å². The number of nitrogens with zero attached hydrogens (tertiary/aromatic N) is 1. The first-order valence-corrected chi connectivity index (χ1v) is 7.87. The van der Waals surface area contributed by atoms with Crippen molar-refractivity contribution in [1.29, 1.82) is 0 Å². The van der Waals surface area contributed by atoms with E-state index >= 15 is 0 Å². The second kappa shape index (κ2) is 7.14. The van der Waals surface area contributed by atoms with Gasteiger partial charge in [-0.2, -0.15) is 13.2 Å². The smallest absolute Gasteiger partial charge is 0.416 e. The molecule has 1 aromatic heterocycles. The first-order chi connectivity index (χ1) is 12.8. The molecular formula is C19H15F3N2O3. The molecule has 1 amide bonds. The van der Waals surface area contributed by atoms with E-state index in [-0.39, 0.29) is 22.8 Å². The third-order valence-corrected chi connectivity index (χ3v) is 3.86. The topological polar surface area (TPSA) is 60.5 Å². The van der Waals surface area contributed by atoms with E-state index in [1.165, 1.54) is 50.7 Å². The Morgan fingerprint density at radius 1 is 1.07 bits per heavy atom. The minimum atomic E-state index is -4.48. The molecule has 0 radical (unpaired) electrons. The van der Waals surface area contributed by atoms with Crippen molar-refractivity contribution in [3.05, 3.63) is 59.8 Å². The van der Waals surface area contributed by atoms with Gasteiger partial charge in [0.1, 0.15) is 17.2 Å². The van der Waals surface area contributed by atoms with E-state index < -0.39 is 11.7 Å². The predicted octanol–water partition coefficient (Wildman–Crippen LogP) is 4.41. The molecule has 0 bridgehead atoms. The summed E-state index contributed by atoms with van der Waals surface area (Å²) in [4.78, 5) is 16.0. The Bertz CT molecular complexity index is 1000. The van der Waals surface area contributed by atoms with E-state index in [9.17, 15) is 18.0 Å². The Labute approximate surface area is 152 Å². The van der Waals surface area contributed by atoms with Crippen molar-refractivity contribution < 1.29 is 27.4 Å². The van der Waals surface area contributed by atoms with Crippen molar-refractivity contribution in [3.63, 3.8) is 0 Å². The second-order valence-corrected chi connectivity index (χ2v) is 5.62. The number of methoxy groups -OCH3 is 1. The van der Waals surface area contributed by atoms with Crippen molar-refractivity contribution in [2.45, 2.75) is 6.18 Å². The van der Waals surface area contributed by atoms with Crippen LogP contribution in [0.4, 0.5) is 13.2 Å². The Hall–Kier alpha value is -3.29. The summed E-state index contributed by atoms with van der Waals surface area (Å²) in [6, 6.07) is 9.23. The molecule has 140 valence electrons. The third-order valence-electron chi connectivity index (χ3n) is 3.86. The van der Waals surface area contributed by atoms with Crippen LogP contribution in [0.25, 0.3) is 10.9 Å². The quantitative estimate of drug-likeness (QED) is 0.733. The number of halogens is 3. The van der Waals surface area contributed by atoms with Gasteiger partial charge in [0.2, 0.25) is 0 Å². The second-order valence-electron chi connectivity index (χ2n) is 5.62. The molecule has 0 saturated carbocycles. The molecule has 27 heavy (non-hydrogen) atoms. The van der Waals surface area contributed by atoms with Gasteiger partial charge in [-0.25, -0.2) is 0 Å². The number of rotatable bonds is 4. The largest absolute Gasteiger partial charge is 0.497 e. The van der Waals surface area contributed by atoms with Crippen LogP contribution in [-0.4, -0.2) is 25.0 Å². The number of amides is 1. The molecule has 2 aromatic carbocycles. The van der Waals surface area contributed by atoms with Crippen LogP contribution in [0.15, 0.2) is 48.7 Å². The number of alkyl halides is 3. The number of carbonyl (C=O) groups is 1. The van der Waals surface area contributed by atoms with Crippen molar-refractivity contribution in [2.75, 3.05) is 14.2 Å². The summed E-state index contributed by atoms with van der Waals surface area (Å²) in [6.45, 7) is 0. The molecule has 3 aromatic rings. The number of pyridine rings is 1. The number of fused-ring (bicyclic) bond motifs is 1. The monoisotopic (exact) mass is 376 g/mol. The summed E-state index contributed by atoms with van der Waals surface area (Å²) in [6.07, 6.45) is -3.05. The lowest BCUT2D eigenvalue weighted by Gasteiger charge is -2.13. The van der Waals surface area contributed by atoms with Crippen molar-refractivity contribution in [3.8, 4) is 17.2 Å². The maximum Gasteiger partial charge on any atom is 0.416 e. The minimum Gasteiger partial charge on any atom is -0.497 e. The number of aromatic nitrogens is 1. The van der Waals surface area contributed by atoms with Crippen LogP contribution in [0.3, 0.4) is 0 Å². The summed E-state index contributed by atoms with van der Waals surface area (Å²) >= 11 is 0. The van der Waals surface area contributed by atoms with E-state index in [0.717, 1.165) is 12.1 Å². The van der Waals surface area contributed by atoms with Crippen molar-refractivity contribution >= 4 is 16.8 Å². The summed E-state index contributed by atoms with van der Waals surface area (Å²) in [5.41, 5.74) is -0.152. The number of hydrogen-bond acceptors (Lipinski definition) is 4. The first kappa shape index (κ1) is 18.5. The van der Waals surface area contributed by atoms with E-state index in [1.807, 2.05) is 0 Å². The fraction of sp³-hybridized carbons (Fsp3) is 0.158. The summed E-state index contributed by atoms with van der Waals surface area (Å²) in [5.74, 6) is 0.457. The first-order valence-electron chi connectivity index (χ1n) is 7.87. The van der Waals surface area contributed by atoms with E-state index in [4.69, 9.17) is 9.47 Å². The fourth-order valence-electron chi connectivity index (χ4n) is 2.54. The zero-order valence-corrected chi connectivity index (χ0v) is 14.4. The highest BCUT2D eigenvalue weighted by Crippen LogP contribution is 2.36. The summed E-state index contributed by atoms with van der Waals surface area (Å²) in [7, 11) is 2.92. The van der Waals surface area contributed by atoms with Crippen LogP contribution >= 0.6 is 0 Å². The molecule has 0 fully saturated rings. The van der Waals surface area contributed by atoms with Gasteiger partial charge < -0.3 is 14.8 Å². The van der Waals surface area contributed by atoms with Crippen LogP contribution in [0.5, 0.6) is 17.2 Å². The zero-order chi connectivity index (χ0) is 19.6. The fourth-order valence-corrected chi connectivity index (χ4v) is 2.54. The van der Waals surface area contributed by atoms with Gasteiger partial charge in [-0.1, -0.05) is 0 Å².